The third-order valence-corrected chi connectivity index (χ3v) is 14.9. The van der Waals surface area contributed by atoms with Crippen molar-refractivity contribution in [3.8, 4) is 11.5 Å². The number of likely N-dealkylation sites (tertiary alicyclic amines) is 1. The lowest BCUT2D eigenvalue weighted by molar-refractivity contribution is -0.117. The Kier molecular flexibility index (Phi) is 16.1. The molecule has 2 saturated heterocycles. The number of hydrogen-bond acceptors (Lipinski definition) is 9. The fourth-order valence-corrected chi connectivity index (χ4v) is 9.61. The SMILES string of the molecule is CC.CC.Cc1cc(O)c(OCC(C)(C)C(C)(C)SC(=S)N2CCN(CC(C)(C)C(C)(C)N3C(=O)c4cccc5cccc(c45)C3=O)CC2)cc1N=CC1CCCN1C=O. The van der Waals surface area contributed by atoms with Crippen molar-refractivity contribution in [2.45, 2.75) is 119 Å². The highest BCUT2D eigenvalue weighted by atomic mass is 32.2. The summed E-state index contributed by atoms with van der Waals surface area (Å²) < 4.78 is 6.81. The van der Waals surface area contributed by atoms with Crippen LogP contribution in [0.5, 0.6) is 11.5 Å². The third kappa shape index (κ3) is 10.0. The summed E-state index contributed by atoms with van der Waals surface area (Å²) in [6.07, 6.45) is 4.54. The lowest BCUT2D eigenvalue weighted by Crippen LogP contribution is -2.63. The standard InChI is InChI=1S/C44H57N5O5S2.2C2H6/c1-29-23-35(51)36(24-34(29)45-25-31-15-12-18-48(31)28-50)54-27-42(4,5)44(8,9)56-40(55)47-21-19-46(20-22-47)26-41(2,3)43(6,7)49-38(52)32-16-10-13-30-14-11-17-33(37(30)32)39(49)53;2*1-2/h10-11,13-14,16-17,23-25,28,31,51H,12,15,18-22,26-27H2,1-9H3;2*1-2H3. The second kappa shape index (κ2) is 19.8. The molecule has 0 saturated carbocycles. The quantitative estimate of drug-likeness (QED) is 0.0825. The van der Waals surface area contributed by atoms with Crippen molar-refractivity contribution in [2.24, 2.45) is 15.8 Å². The average molecular weight is 860 g/mol. The van der Waals surface area contributed by atoms with Gasteiger partial charge in [-0.2, -0.15) is 0 Å². The zero-order valence-electron chi connectivity index (χ0n) is 38.3. The van der Waals surface area contributed by atoms with E-state index in [1.54, 1.807) is 28.8 Å². The number of thioether (sulfide) groups is 1. The maximum atomic E-state index is 14.0. The van der Waals surface area contributed by atoms with Crippen LogP contribution in [0.25, 0.3) is 10.8 Å². The second-order valence-corrected chi connectivity index (χ2v) is 20.1. The van der Waals surface area contributed by atoms with Crippen molar-refractivity contribution in [3.63, 3.8) is 0 Å². The first-order valence-corrected chi connectivity index (χ1v) is 22.8. The zero-order valence-corrected chi connectivity index (χ0v) is 40.0. The fraction of sp³-hybridized carbons (Fsp3) is 0.562. The maximum absolute atomic E-state index is 14.0. The minimum atomic E-state index is -0.768. The molecule has 1 N–H and O–H groups in total. The number of nitrogens with zero attached hydrogens (tertiary/aromatic N) is 5. The molecule has 12 heteroatoms. The van der Waals surface area contributed by atoms with Gasteiger partial charge in [0.1, 0.15) is 4.32 Å². The number of carbonyl (C=O) groups excluding carboxylic acids is 3. The lowest BCUT2D eigenvalue weighted by atomic mass is 9.71. The Morgan fingerprint density at radius 2 is 1.47 bits per heavy atom. The third-order valence-electron chi connectivity index (χ3n) is 12.9. The van der Waals surface area contributed by atoms with Crippen LogP contribution in [-0.4, -0.2) is 116 Å². The topological polar surface area (TPSA) is 106 Å². The average Bonchev–Trinajstić information content (AvgIpc) is 3.68. The molecule has 3 amide bonds. The van der Waals surface area contributed by atoms with Crippen molar-refractivity contribution < 1.29 is 24.2 Å². The van der Waals surface area contributed by atoms with E-state index in [1.807, 2.05) is 91.1 Å². The number of aliphatic imine (C=N–C) groups is 1. The smallest absolute Gasteiger partial charge is 0.261 e. The minimum absolute atomic E-state index is 0.0215. The number of hydrogen-bond donors (Lipinski definition) is 1. The van der Waals surface area contributed by atoms with E-state index in [0.29, 0.717) is 35.7 Å². The number of aryl methyl sites for hydroxylation is 1. The summed E-state index contributed by atoms with van der Waals surface area (Å²) in [5.41, 5.74) is 1.15. The minimum Gasteiger partial charge on any atom is -0.504 e. The number of phenols is 1. The maximum Gasteiger partial charge on any atom is 0.261 e. The highest BCUT2D eigenvalue weighted by molar-refractivity contribution is 8.23. The number of benzene rings is 3. The van der Waals surface area contributed by atoms with E-state index in [2.05, 4.69) is 56.3 Å². The molecule has 0 aromatic heterocycles. The van der Waals surface area contributed by atoms with Gasteiger partial charge in [-0.3, -0.25) is 29.2 Å². The molecule has 0 bridgehead atoms. The number of carbonyl (C=O) groups is 3. The van der Waals surface area contributed by atoms with Gasteiger partial charge in [-0.1, -0.05) is 104 Å². The van der Waals surface area contributed by atoms with Gasteiger partial charge in [-0.25, -0.2) is 0 Å². The van der Waals surface area contributed by atoms with Gasteiger partial charge >= 0.3 is 0 Å². The van der Waals surface area contributed by atoms with Gasteiger partial charge in [0.25, 0.3) is 11.8 Å². The monoisotopic (exact) mass is 859 g/mol. The van der Waals surface area contributed by atoms with E-state index in [-0.39, 0.29) is 33.8 Å². The molecule has 0 radical (unpaired) electrons. The summed E-state index contributed by atoms with van der Waals surface area (Å²) in [6.45, 7) is 31.9. The van der Waals surface area contributed by atoms with Crippen molar-refractivity contribution in [2.75, 3.05) is 45.9 Å². The molecular formula is C48H69N5O5S2. The Morgan fingerprint density at radius 3 is 2.03 bits per heavy atom. The van der Waals surface area contributed by atoms with E-state index >= 15 is 0 Å². The largest absolute Gasteiger partial charge is 0.504 e. The molecule has 3 aromatic carbocycles. The van der Waals surface area contributed by atoms with Gasteiger partial charge in [0.05, 0.1) is 23.9 Å². The van der Waals surface area contributed by atoms with Crippen molar-refractivity contribution in [3.05, 3.63) is 65.2 Å². The van der Waals surface area contributed by atoms with Gasteiger partial charge in [-0.15, -0.1) is 0 Å². The molecule has 10 nitrogen and oxygen atoms in total. The summed E-state index contributed by atoms with van der Waals surface area (Å²) in [7, 11) is 0. The Balaban J connectivity index is 0.00000193. The second-order valence-electron chi connectivity index (χ2n) is 17.8. The predicted octanol–water partition coefficient (Wildman–Crippen LogP) is 10.1. The molecule has 3 heterocycles. The van der Waals surface area contributed by atoms with Gasteiger partial charge in [0.2, 0.25) is 6.41 Å². The zero-order chi connectivity index (χ0) is 44.8. The van der Waals surface area contributed by atoms with Crippen molar-refractivity contribution >= 4 is 69.2 Å². The van der Waals surface area contributed by atoms with Gasteiger partial charge in [-0.05, 0) is 76.6 Å². The molecular weight excluding hydrogens is 791 g/mol. The van der Waals surface area contributed by atoms with Gasteiger partial charge in [0, 0.05) is 83.6 Å². The van der Waals surface area contributed by atoms with Crippen LogP contribution in [0.15, 0.2) is 53.5 Å². The molecule has 2 fully saturated rings. The first-order chi connectivity index (χ1) is 28.3. The van der Waals surface area contributed by atoms with Crippen LogP contribution in [0, 0.1) is 17.8 Å². The van der Waals surface area contributed by atoms with Crippen LogP contribution < -0.4 is 4.74 Å². The summed E-state index contributed by atoms with van der Waals surface area (Å²) >= 11 is 7.73. The van der Waals surface area contributed by atoms with Crippen LogP contribution in [0.2, 0.25) is 0 Å². The number of piperazine rings is 1. The fourth-order valence-electron chi connectivity index (χ4n) is 7.72. The summed E-state index contributed by atoms with van der Waals surface area (Å²) in [6, 6.07) is 14.7. The highest BCUT2D eigenvalue weighted by Crippen LogP contribution is 2.45. The van der Waals surface area contributed by atoms with Crippen LogP contribution in [0.4, 0.5) is 5.69 Å². The Bertz CT molecular complexity index is 2000. The number of rotatable bonds is 12. The molecule has 3 aliphatic heterocycles. The number of ether oxygens (including phenoxy) is 1. The Hall–Kier alpha value is -4.00. The number of imide groups is 1. The summed E-state index contributed by atoms with van der Waals surface area (Å²) in [4.78, 5) is 52.0. The highest BCUT2D eigenvalue weighted by Gasteiger charge is 2.50. The molecule has 3 aromatic rings. The molecule has 60 heavy (non-hydrogen) atoms. The number of thiocarbonyl (C=S) groups is 1. The summed E-state index contributed by atoms with van der Waals surface area (Å²) in [5.74, 6) is -0.0397. The van der Waals surface area contributed by atoms with Crippen LogP contribution in [0.1, 0.15) is 122 Å². The van der Waals surface area contributed by atoms with E-state index in [0.717, 1.165) is 72.6 Å². The van der Waals surface area contributed by atoms with Gasteiger partial charge < -0.3 is 19.6 Å². The molecule has 328 valence electrons. The van der Waals surface area contributed by atoms with Gasteiger partial charge in [0.15, 0.2) is 11.5 Å². The molecule has 1 unspecified atom stereocenters. The number of aromatic hydroxyl groups is 1. The Labute approximate surface area is 369 Å². The van der Waals surface area contributed by atoms with E-state index in [1.165, 1.54) is 4.90 Å². The van der Waals surface area contributed by atoms with Crippen molar-refractivity contribution in [1.29, 1.82) is 0 Å². The van der Waals surface area contributed by atoms with Crippen LogP contribution >= 0.6 is 24.0 Å². The lowest BCUT2D eigenvalue weighted by Gasteiger charge is -2.51. The molecule has 1 atom stereocenters. The van der Waals surface area contributed by atoms with Crippen LogP contribution in [0.3, 0.4) is 0 Å². The van der Waals surface area contributed by atoms with E-state index in [9.17, 15) is 19.5 Å². The van der Waals surface area contributed by atoms with E-state index < -0.39 is 11.0 Å². The number of phenolic OH excluding ortho intramolecular Hbond substituents is 1. The first kappa shape index (κ1) is 48.7. The van der Waals surface area contributed by atoms with E-state index in [4.69, 9.17) is 17.0 Å². The number of amides is 3. The first-order valence-electron chi connectivity index (χ1n) is 21.6. The summed E-state index contributed by atoms with van der Waals surface area (Å²) in [5, 5.41) is 12.4. The predicted molar refractivity (Wildman–Crippen MR) is 253 cm³/mol. The molecule has 0 spiro atoms. The van der Waals surface area contributed by atoms with Crippen molar-refractivity contribution in [1.82, 2.24) is 19.6 Å². The normalized spacial score (nSPS) is 17.7. The molecule has 6 rings (SSSR count). The molecule has 3 aliphatic rings. The van der Waals surface area contributed by atoms with Crippen LogP contribution in [-0.2, 0) is 4.79 Å². The molecule has 0 aliphatic carbocycles. The Morgan fingerprint density at radius 1 is 0.883 bits per heavy atom.